The zero-order chi connectivity index (χ0) is 20.6. The van der Waals surface area contributed by atoms with Gasteiger partial charge in [0, 0.05) is 31.9 Å². The molecule has 0 unspecified atom stereocenters. The van der Waals surface area contributed by atoms with Gasteiger partial charge < -0.3 is 15.4 Å². The Morgan fingerprint density at radius 1 is 1.21 bits per heavy atom. The predicted octanol–water partition coefficient (Wildman–Crippen LogP) is 3.99. The van der Waals surface area contributed by atoms with Gasteiger partial charge in [0.05, 0.1) is 18.4 Å². The Morgan fingerprint density at radius 3 is 2.69 bits per heavy atom. The number of likely N-dealkylation sites (tertiary alicyclic amines) is 1. The molecule has 0 aliphatic carbocycles. The molecule has 0 bridgehead atoms. The second kappa shape index (κ2) is 10.1. The Bertz CT molecular complexity index is 853. The standard InChI is InChI=1S/C23H30N4O2/c1-17(2)10-14-27-15-11-18(12-16-27)25-23(28)19-7-6-13-24-22(19)26-20-8-4-5-9-21(20)29-3/h4-10,13,18H,11-12,14-16H2,1-3H3,(H,24,26)(H,25,28). The highest BCUT2D eigenvalue weighted by Crippen LogP contribution is 2.27. The van der Waals surface area contributed by atoms with Crippen molar-refractivity contribution in [2.24, 2.45) is 0 Å². The van der Waals surface area contributed by atoms with Gasteiger partial charge in [-0.1, -0.05) is 23.8 Å². The first-order valence-corrected chi connectivity index (χ1v) is 10.1. The fourth-order valence-electron chi connectivity index (χ4n) is 3.40. The van der Waals surface area contributed by atoms with Crippen LogP contribution in [0.3, 0.4) is 0 Å². The van der Waals surface area contributed by atoms with Crippen molar-refractivity contribution in [3.8, 4) is 5.75 Å². The van der Waals surface area contributed by atoms with E-state index in [-0.39, 0.29) is 11.9 Å². The number of ether oxygens (including phenoxy) is 1. The summed E-state index contributed by atoms with van der Waals surface area (Å²) >= 11 is 0. The highest BCUT2D eigenvalue weighted by atomic mass is 16.5. The van der Waals surface area contributed by atoms with E-state index in [1.807, 2.05) is 24.3 Å². The summed E-state index contributed by atoms with van der Waals surface area (Å²) in [7, 11) is 1.62. The van der Waals surface area contributed by atoms with Crippen LogP contribution < -0.4 is 15.4 Å². The summed E-state index contributed by atoms with van der Waals surface area (Å²) in [5.74, 6) is 1.13. The summed E-state index contributed by atoms with van der Waals surface area (Å²) in [6, 6.07) is 11.3. The Labute approximate surface area is 173 Å². The molecule has 6 heteroatoms. The SMILES string of the molecule is COc1ccccc1Nc1ncccc1C(=O)NC1CCN(CC=C(C)C)CC1. The van der Waals surface area contributed by atoms with Gasteiger partial charge in [0.1, 0.15) is 11.6 Å². The molecule has 6 nitrogen and oxygen atoms in total. The van der Waals surface area contributed by atoms with Crippen LogP contribution in [0.1, 0.15) is 37.0 Å². The molecule has 2 heterocycles. The number of nitrogens with zero attached hydrogens (tertiary/aromatic N) is 2. The van der Waals surface area contributed by atoms with Crippen LogP contribution in [-0.2, 0) is 0 Å². The minimum absolute atomic E-state index is 0.0988. The maximum Gasteiger partial charge on any atom is 0.255 e. The molecule has 2 aromatic rings. The fraction of sp³-hybridized carbons (Fsp3) is 0.391. The first kappa shape index (κ1) is 20.9. The highest BCUT2D eigenvalue weighted by molar-refractivity contribution is 5.99. The lowest BCUT2D eigenvalue weighted by Gasteiger charge is -2.31. The number of allylic oxidation sites excluding steroid dienone is 1. The number of carbonyl (C=O) groups excluding carboxylic acids is 1. The Morgan fingerprint density at radius 2 is 1.97 bits per heavy atom. The van der Waals surface area contributed by atoms with Crippen molar-refractivity contribution in [1.29, 1.82) is 0 Å². The van der Waals surface area contributed by atoms with E-state index in [9.17, 15) is 4.79 Å². The van der Waals surface area contributed by atoms with E-state index in [1.165, 1.54) is 5.57 Å². The van der Waals surface area contributed by atoms with Crippen molar-refractivity contribution in [3.05, 3.63) is 59.8 Å². The van der Waals surface area contributed by atoms with E-state index in [1.54, 1.807) is 25.4 Å². The van der Waals surface area contributed by atoms with E-state index < -0.39 is 0 Å². The van der Waals surface area contributed by atoms with Crippen molar-refractivity contribution in [3.63, 3.8) is 0 Å². The Hall–Kier alpha value is -2.86. The maximum absolute atomic E-state index is 12.9. The number of anilines is 2. The molecular weight excluding hydrogens is 364 g/mol. The van der Waals surface area contributed by atoms with E-state index in [0.29, 0.717) is 17.1 Å². The smallest absolute Gasteiger partial charge is 0.255 e. The number of benzene rings is 1. The van der Waals surface area contributed by atoms with Crippen LogP contribution in [0.5, 0.6) is 5.75 Å². The van der Waals surface area contributed by atoms with Crippen LogP contribution in [0, 0.1) is 0 Å². The molecular formula is C23H30N4O2. The van der Waals surface area contributed by atoms with Crippen molar-refractivity contribution >= 4 is 17.4 Å². The summed E-state index contributed by atoms with van der Waals surface area (Å²) in [5, 5.41) is 6.42. The number of piperidine rings is 1. The van der Waals surface area contributed by atoms with Crippen LogP contribution in [0.25, 0.3) is 0 Å². The van der Waals surface area contributed by atoms with Gasteiger partial charge in [-0.05, 0) is 51.0 Å². The lowest BCUT2D eigenvalue weighted by Crippen LogP contribution is -2.44. The van der Waals surface area contributed by atoms with E-state index >= 15 is 0 Å². The second-order valence-electron chi connectivity index (χ2n) is 7.55. The molecule has 1 amide bonds. The average molecular weight is 395 g/mol. The number of para-hydroxylation sites is 2. The van der Waals surface area contributed by atoms with Gasteiger partial charge in [0.15, 0.2) is 0 Å². The topological polar surface area (TPSA) is 66.5 Å². The minimum Gasteiger partial charge on any atom is -0.495 e. The molecule has 1 aromatic carbocycles. The Balaban J connectivity index is 1.63. The summed E-state index contributed by atoms with van der Waals surface area (Å²) in [5.41, 5.74) is 2.65. The average Bonchev–Trinajstić information content (AvgIpc) is 2.74. The molecule has 0 radical (unpaired) electrons. The van der Waals surface area contributed by atoms with Crippen LogP contribution >= 0.6 is 0 Å². The number of nitrogens with one attached hydrogen (secondary N) is 2. The number of rotatable bonds is 7. The first-order valence-electron chi connectivity index (χ1n) is 10.1. The molecule has 1 aromatic heterocycles. The molecule has 29 heavy (non-hydrogen) atoms. The van der Waals surface area contributed by atoms with Crippen molar-refractivity contribution in [2.75, 3.05) is 32.1 Å². The number of methoxy groups -OCH3 is 1. The van der Waals surface area contributed by atoms with Crippen molar-refractivity contribution in [2.45, 2.75) is 32.7 Å². The van der Waals surface area contributed by atoms with Gasteiger partial charge in [-0.2, -0.15) is 0 Å². The van der Waals surface area contributed by atoms with Gasteiger partial charge in [0.2, 0.25) is 0 Å². The van der Waals surface area contributed by atoms with E-state index in [2.05, 4.69) is 40.4 Å². The summed E-state index contributed by atoms with van der Waals surface area (Å²) in [6.45, 7) is 7.22. The van der Waals surface area contributed by atoms with Gasteiger partial charge >= 0.3 is 0 Å². The number of aromatic nitrogens is 1. The quantitative estimate of drug-likeness (QED) is 0.695. The van der Waals surface area contributed by atoms with Crippen LogP contribution in [0.2, 0.25) is 0 Å². The zero-order valence-electron chi connectivity index (χ0n) is 17.4. The molecule has 154 valence electrons. The third-order valence-corrected chi connectivity index (χ3v) is 5.09. The van der Waals surface area contributed by atoms with Crippen LogP contribution in [-0.4, -0.2) is 48.6 Å². The molecule has 0 saturated carbocycles. The number of hydrogen-bond acceptors (Lipinski definition) is 5. The van der Waals surface area contributed by atoms with Crippen molar-refractivity contribution < 1.29 is 9.53 Å². The summed E-state index contributed by atoms with van der Waals surface area (Å²) in [4.78, 5) is 19.7. The molecule has 1 saturated heterocycles. The fourth-order valence-corrected chi connectivity index (χ4v) is 3.40. The highest BCUT2D eigenvalue weighted by Gasteiger charge is 2.22. The predicted molar refractivity (Wildman–Crippen MR) is 117 cm³/mol. The summed E-state index contributed by atoms with van der Waals surface area (Å²) in [6.07, 6.45) is 5.84. The van der Waals surface area contributed by atoms with Gasteiger partial charge in [-0.15, -0.1) is 0 Å². The third-order valence-electron chi connectivity index (χ3n) is 5.09. The molecule has 1 aliphatic heterocycles. The Kier molecular flexibility index (Phi) is 7.25. The van der Waals surface area contributed by atoms with E-state index in [4.69, 9.17) is 4.74 Å². The lowest BCUT2D eigenvalue weighted by molar-refractivity contribution is 0.0914. The van der Waals surface area contributed by atoms with Crippen LogP contribution in [0.15, 0.2) is 54.2 Å². The molecule has 0 spiro atoms. The molecule has 1 fully saturated rings. The second-order valence-corrected chi connectivity index (χ2v) is 7.55. The lowest BCUT2D eigenvalue weighted by atomic mass is 10.0. The number of amides is 1. The number of hydrogen-bond donors (Lipinski definition) is 2. The monoisotopic (exact) mass is 394 g/mol. The normalized spacial score (nSPS) is 14.9. The number of pyridine rings is 1. The molecule has 0 atom stereocenters. The molecule has 3 rings (SSSR count). The van der Waals surface area contributed by atoms with Gasteiger partial charge in [0.25, 0.3) is 5.91 Å². The zero-order valence-corrected chi connectivity index (χ0v) is 17.4. The maximum atomic E-state index is 12.9. The third kappa shape index (κ3) is 5.81. The first-order chi connectivity index (χ1) is 14.1. The largest absolute Gasteiger partial charge is 0.495 e. The van der Waals surface area contributed by atoms with Crippen molar-refractivity contribution in [1.82, 2.24) is 15.2 Å². The van der Waals surface area contributed by atoms with Crippen LogP contribution in [0.4, 0.5) is 11.5 Å². The molecule has 2 N–H and O–H groups in total. The van der Waals surface area contributed by atoms with Gasteiger partial charge in [-0.3, -0.25) is 9.69 Å². The molecule has 1 aliphatic rings. The number of carbonyl (C=O) groups is 1. The minimum atomic E-state index is -0.0988. The van der Waals surface area contributed by atoms with E-state index in [0.717, 1.165) is 38.2 Å². The van der Waals surface area contributed by atoms with Gasteiger partial charge in [-0.25, -0.2) is 4.98 Å². The summed E-state index contributed by atoms with van der Waals surface area (Å²) < 4.78 is 5.38.